The largest absolute Gasteiger partial charge is 0.338 e. The summed E-state index contributed by atoms with van der Waals surface area (Å²) >= 11 is 0. The Labute approximate surface area is 91.4 Å². The van der Waals surface area contributed by atoms with Gasteiger partial charge in [0.2, 0.25) is 0 Å². The van der Waals surface area contributed by atoms with E-state index < -0.39 is 0 Å². The number of hydrogen-bond donors (Lipinski definition) is 2. The molecule has 86 valence electrons. The predicted molar refractivity (Wildman–Crippen MR) is 59.7 cm³/mol. The number of nitrogens with zero attached hydrogens (tertiary/aromatic N) is 1. The van der Waals surface area contributed by atoms with Gasteiger partial charge in [-0.15, -0.1) is 0 Å². The molecule has 0 aliphatic carbocycles. The maximum absolute atomic E-state index is 11.8. The van der Waals surface area contributed by atoms with E-state index in [1.165, 1.54) is 6.42 Å². The Morgan fingerprint density at radius 3 is 3.00 bits per heavy atom. The molecule has 0 aromatic rings. The van der Waals surface area contributed by atoms with Gasteiger partial charge in [-0.1, -0.05) is 13.8 Å². The molecule has 2 rings (SSSR count). The van der Waals surface area contributed by atoms with E-state index in [9.17, 15) is 4.79 Å². The van der Waals surface area contributed by atoms with Gasteiger partial charge in [0, 0.05) is 25.7 Å². The first-order valence-electron chi connectivity index (χ1n) is 5.93. The van der Waals surface area contributed by atoms with Crippen molar-refractivity contribution in [1.82, 2.24) is 15.5 Å². The van der Waals surface area contributed by atoms with Gasteiger partial charge in [-0.05, 0) is 24.8 Å². The van der Waals surface area contributed by atoms with E-state index in [1.54, 1.807) is 0 Å². The second-order valence-electron chi connectivity index (χ2n) is 5.09. The zero-order valence-electron chi connectivity index (χ0n) is 9.62. The number of amides is 2. The molecule has 2 aliphatic rings. The molecule has 2 heterocycles. The summed E-state index contributed by atoms with van der Waals surface area (Å²) in [5, 5.41) is 6.42. The van der Waals surface area contributed by atoms with Gasteiger partial charge >= 0.3 is 6.03 Å². The monoisotopic (exact) mass is 211 g/mol. The molecule has 0 saturated carbocycles. The highest BCUT2D eigenvalue weighted by Gasteiger charge is 2.37. The lowest BCUT2D eigenvalue weighted by Crippen LogP contribution is -2.41. The van der Waals surface area contributed by atoms with Crippen molar-refractivity contribution in [3.05, 3.63) is 0 Å². The Bertz CT molecular complexity index is 230. The molecule has 4 nitrogen and oxygen atoms in total. The lowest BCUT2D eigenvalue weighted by Gasteiger charge is -2.18. The van der Waals surface area contributed by atoms with Crippen molar-refractivity contribution in [3.8, 4) is 0 Å². The summed E-state index contributed by atoms with van der Waals surface area (Å²) in [7, 11) is 0. The van der Waals surface area contributed by atoms with Crippen LogP contribution in [-0.4, -0.2) is 43.2 Å². The topological polar surface area (TPSA) is 44.4 Å². The van der Waals surface area contributed by atoms with E-state index in [0.717, 1.165) is 26.2 Å². The molecule has 2 N–H and O–H groups in total. The van der Waals surface area contributed by atoms with Crippen LogP contribution in [0.5, 0.6) is 0 Å². The highest BCUT2D eigenvalue weighted by atomic mass is 16.2. The molecule has 2 amide bonds. The van der Waals surface area contributed by atoms with Crippen molar-refractivity contribution in [2.75, 3.05) is 26.2 Å². The normalized spacial score (nSPS) is 29.7. The van der Waals surface area contributed by atoms with Crippen LogP contribution in [-0.2, 0) is 0 Å². The zero-order valence-corrected chi connectivity index (χ0v) is 9.62. The Kier molecular flexibility index (Phi) is 3.14. The Balaban J connectivity index is 1.78. The van der Waals surface area contributed by atoms with E-state index in [-0.39, 0.29) is 6.03 Å². The summed E-state index contributed by atoms with van der Waals surface area (Å²) in [5.41, 5.74) is 0. The minimum absolute atomic E-state index is 0.111. The molecule has 2 aliphatic heterocycles. The number of hydrogen-bond acceptors (Lipinski definition) is 2. The van der Waals surface area contributed by atoms with Gasteiger partial charge in [0.15, 0.2) is 0 Å². The number of likely N-dealkylation sites (tertiary alicyclic amines) is 1. The molecule has 0 aromatic carbocycles. The molecule has 0 bridgehead atoms. The summed E-state index contributed by atoms with van der Waals surface area (Å²) in [6.07, 6.45) is 1.22. The minimum atomic E-state index is 0.111. The van der Waals surface area contributed by atoms with Crippen LogP contribution in [0.4, 0.5) is 4.79 Å². The third kappa shape index (κ3) is 2.43. The van der Waals surface area contributed by atoms with Gasteiger partial charge in [0.25, 0.3) is 0 Å². The van der Waals surface area contributed by atoms with Crippen molar-refractivity contribution < 1.29 is 4.79 Å². The van der Waals surface area contributed by atoms with Gasteiger partial charge in [-0.3, -0.25) is 0 Å². The maximum atomic E-state index is 11.8. The number of carbonyl (C=O) groups excluding carboxylic acids is 1. The van der Waals surface area contributed by atoms with Crippen LogP contribution in [0.15, 0.2) is 0 Å². The fraction of sp³-hybridized carbons (Fsp3) is 0.909. The summed E-state index contributed by atoms with van der Waals surface area (Å²) in [6.45, 7) is 7.94. The molecule has 15 heavy (non-hydrogen) atoms. The van der Waals surface area contributed by atoms with Crippen LogP contribution in [0.2, 0.25) is 0 Å². The number of nitrogens with one attached hydrogen (secondary N) is 2. The van der Waals surface area contributed by atoms with E-state index in [0.29, 0.717) is 17.9 Å². The predicted octanol–water partition coefficient (Wildman–Crippen LogP) is 0.646. The van der Waals surface area contributed by atoms with Crippen LogP contribution < -0.4 is 10.6 Å². The summed E-state index contributed by atoms with van der Waals surface area (Å²) < 4.78 is 0. The number of fused-ring (bicyclic) bond motifs is 1. The van der Waals surface area contributed by atoms with Crippen LogP contribution in [0.1, 0.15) is 20.3 Å². The quantitative estimate of drug-likeness (QED) is 0.704. The molecule has 0 aromatic heterocycles. The van der Waals surface area contributed by atoms with Crippen molar-refractivity contribution in [2.45, 2.75) is 26.3 Å². The van der Waals surface area contributed by atoms with Gasteiger partial charge < -0.3 is 15.5 Å². The Morgan fingerprint density at radius 1 is 1.53 bits per heavy atom. The van der Waals surface area contributed by atoms with E-state index in [4.69, 9.17) is 0 Å². The Hall–Kier alpha value is -0.770. The van der Waals surface area contributed by atoms with Gasteiger partial charge in [0.05, 0.1) is 0 Å². The van der Waals surface area contributed by atoms with Crippen LogP contribution in [0.3, 0.4) is 0 Å². The van der Waals surface area contributed by atoms with Crippen molar-refractivity contribution >= 4 is 6.03 Å². The number of urea groups is 1. The molecular weight excluding hydrogens is 190 g/mol. The summed E-state index contributed by atoms with van der Waals surface area (Å²) in [5.74, 6) is 1.21. The smallest absolute Gasteiger partial charge is 0.317 e. The molecule has 0 radical (unpaired) electrons. The summed E-state index contributed by atoms with van der Waals surface area (Å²) in [6, 6.07) is 0.662. The molecule has 4 heteroatoms. The number of carbonyl (C=O) groups is 1. The van der Waals surface area contributed by atoms with Gasteiger partial charge in [-0.25, -0.2) is 4.79 Å². The second-order valence-corrected chi connectivity index (χ2v) is 5.09. The molecule has 2 atom stereocenters. The van der Waals surface area contributed by atoms with E-state index in [2.05, 4.69) is 24.5 Å². The minimum Gasteiger partial charge on any atom is -0.338 e. The fourth-order valence-electron chi connectivity index (χ4n) is 2.42. The average molecular weight is 211 g/mol. The maximum Gasteiger partial charge on any atom is 0.317 e. The second kappa shape index (κ2) is 4.39. The van der Waals surface area contributed by atoms with E-state index in [1.807, 2.05) is 4.90 Å². The molecular formula is C11H21N3O. The summed E-state index contributed by atoms with van der Waals surface area (Å²) in [4.78, 5) is 13.7. The Morgan fingerprint density at radius 2 is 2.33 bits per heavy atom. The first kappa shape index (κ1) is 10.7. The SMILES string of the molecule is CC(C)CNC(=O)N1C[C@@H]2CCN[C@@H]2C1. The van der Waals surface area contributed by atoms with Gasteiger partial charge in [-0.2, -0.15) is 0 Å². The standard InChI is InChI=1S/C11H21N3O/c1-8(2)5-13-11(15)14-6-9-3-4-12-10(9)7-14/h8-10,12H,3-7H2,1-2H3,(H,13,15)/t9-,10+/m0/s1. The lowest BCUT2D eigenvalue weighted by molar-refractivity contribution is 0.204. The lowest BCUT2D eigenvalue weighted by atomic mass is 10.1. The first-order valence-corrected chi connectivity index (χ1v) is 5.93. The van der Waals surface area contributed by atoms with Gasteiger partial charge in [0.1, 0.15) is 0 Å². The highest BCUT2D eigenvalue weighted by molar-refractivity contribution is 5.74. The third-order valence-electron chi connectivity index (χ3n) is 3.31. The molecule has 0 spiro atoms. The highest BCUT2D eigenvalue weighted by Crippen LogP contribution is 2.24. The third-order valence-corrected chi connectivity index (χ3v) is 3.31. The average Bonchev–Trinajstić information content (AvgIpc) is 2.72. The van der Waals surface area contributed by atoms with Crippen LogP contribution in [0, 0.1) is 11.8 Å². The van der Waals surface area contributed by atoms with Crippen molar-refractivity contribution in [1.29, 1.82) is 0 Å². The molecule has 0 unspecified atom stereocenters. The molecule has 2 fully saturated rings. The van der Waals surface area contributed by atoms with Crippen LogP contribution >= 0.6 is 0 Å². The zero-order chi connectivity index (χ0) is 10.8. The van der Waals surface area contributed by atoms with E-state index >= 15 is 0 Å². The number of rotatable bonds is 2. The van der Waals surface area contributed by atoms with Crippen molar-refractivity contribution in [3.63, 3.8) is 0 Å². The van der Waals surface area contributed by atoms with Crippen LogP contribution in [0.25, 0.3) is 0 Å². The molecule has 2 saturated heterocycles. The van der Waals surface area contributed by atoms with Crippen molar-refractivity contribution in [2.24, 2.45) is 11.8 Å². The fourth-order valence-corrected chi connectivity index (χ4v) is 2.42. The first-order chi connectivity index (χ1) is 7.16.